The van der Waals surface area contributed by atoms with Gasteiger partial charge in [0.1, 0.15) is 56.9 Å². The van der Waals surface area contributed by atoms with Gasteiger partial charge in [0.2, 0.25) is 53.1 Å². The van der Waals surface area contributed by atoms with Crippen LogP contribution in [0.2, 0.25) is 0 Å². The summed E-state index contributed by atoms with van der Waals surface area (Å²) < 4.78 is 23.0. The Kier molecular flexibility index (Phi) is 26.0. The van der Waals surface area contributed by atoms with E-state index in [1.165, 1.54) is 55.7 Å². The van der Waals surface area contributed by atoms with Crippen molar-refractivity contribution in [3.63, 3.8) is 0 Å². The largest absolute Gasteiger partial charge is 1.00 e. The number of amides is 7. The molecule has 30 nitrogen and oxygen atoms in total. The summed E-state index contributed by atoms with van der Waals surface area (Å²) >= 11 is -1.41. The summed E-state index contributed by atoms with van der Waals surface area (Å²) in [7, 11) is 0. The smallest absolute Gasteiger partial charge is 0.691 e. The number of hydrogen-bond acceptors (Lipinski definition) is 23. The number of benzene rings is 3. The maximum Gasteiger partial charge on any atom is 1.00 e. The van der Waals surface area contributed by atoms with Gasteiger partial charge in [0, 0.05) is 80.3 Å². The zero-order chi connectivity index (χ0) is 66.8. The van der Waals surface area contributed by atoms with E-state index in [9.17, 15) is 78.8 Å². The Balaban J connectivity index is 0.0000113. The minimum absolute atomic E-state index is 0. The molecular formula is C61H76N11NaO19S2. The predicted molar refractivity (Wildman–Crippen MR) is 327 cm³/mol. The van der Waals surface area contributed by atoms with Gasteiger partial charge in [0.15, 0.2) is 6.10 Å². The SMILES string of the molecule is [C-]#[N+]C[C@@H](O)[C@@H]1NC(=O)C([C@H](O)Cc2ccc(O)c(S(=O)OO[O-])c2)NC(=O)C2CC(O)CN2C(=O)C(C(C)O)NC(=O)[C@@H](NC(=O)c2ccc(-c3nnc(-c4ccc(N5CCC(OC6CCCCC6)CC5)cc4)s3)cc2)C[C@H](O)CNC(=O)C2[C@@H](O)C(C)CN2C1=O.[Na+]. The molecule has 7 amide bonds. The van der Waals surface area contributed by atoms with E-state index >= 15 is 0 Å². The standard InChI is InChI=1S/C61H77N11O19S2.Na/c1-31-29-72-51(52(31)79)57(84)63-27-38(74)25-42(64-53(80)34-10-12-35(13-11-34)58-68-69-59(92-58)36-14-16-37(17-15-36)70-21-19-41(20-22-70)89-40-7-5-4-6-8-40)54(81)65-48(32(2)73)60(85)71-30-39(75)26-43(71)55(82)66-49(56(83)67-50(61(72)86)46(78)28-62-3)45(77)23-33-9-18-44(76)47(24-33)93(88)91-90-87;/h9-18,24,31-32,38-43,45-46,48-52,73-79,87H,4-8,19-23,25-30H2,1-2H3,(H,63,84)(H,64,80)(H,65,81)(H,66,82)(H,67,83);/q;+1/p-1/t31?,32?,38-,39?,42-,43?,45+,46+,48?,49?,50-,51?,52-,93?;/m0./s1. The molecule has 0 bridgehead atoms. The van der Waals surface area contributed by atoms with Crippen LogP contribution < -0.4 is 66.3 Å². The van der Waals surface area contributed by atoms with Gasteiger partial charge < -0.3 is 91.9 Å². The van der Waals surface area contributed by atoms with Crippen molar-refractivity contribution >= 4 is 69.5 Å². The Morgan fingerprint density at radius 2 is 1.39 bits per heavy atom. The fraction of sp³-hybridized carbons (Fsp3) is 0.541. The van der Waals surface area contributed by atoms with Crippen LogP contribution in [0.4, 0.5) is 5.69 Å². The van der Waals surface area contributed by atoms with Gasteiger partial charge in [-0.15, -0.1) is 14.5 Å². The van der Waals surface area contributed by atoms with Crippen molar-refractivity contribution in [2.45, 2.75) is 168 Å². The average Bonchev–Trinajstić information content (AvgIpc) is 1.64. The number of rotatable bonds is 16. The molecular weight excluding hydrogens is 1280 g/mol. The molecule has 5 fully saturated rings. The predicted octanol–water partition coefficient (Wildman–Crippen LogP) is -4.99. The fourth-order valence-electron chi connectivity index (χ4n) is 12.4. The van der Waals surface area contributed by atoms with Crippen molar-refractivity contribution in [3.8, 4) is 26.9 Å². The number of piperidine rings is 1. The number of phenols is 1. The van der Waals surface area contributed by atoms with Gasteiger partial charge >= 0.3 is 29.6 Å². The minimum atomic E-state index is -2.73. The maximum atomic E-state index is 14.6. The number of phenolic OH excluding ortho intramolecular Hbond substituents is 1. The van der Waals surface area contributed by atoms with Crippen LogP contribution >= 0.6 is 11.3 Å². The van der Waals surface area contributed by atoms with Crippen LogP contribution in [0, 0.1) is 12.5 Å². The first-order valence-electron chi connectivity index (χ1n) is 30.7. The van der Waals surface area contributed by atoms with Crippen LogP contribution in [0.15, 0.2) is 71.6 Å². The zero-order valence-electron chi connectivity index (χ0n) is 51.9. The Morgan fingerprint density at radius 3 is 2.03 bits per heavy atom. The molecule has 5 aliphatic rings. The number of carbonyl (C=O) groups excluding carboxylic acids is 7. The van der Waals surface area contributed by atoms with Gasteiger partial charge in [0.05, 0.1) is 42.7 Å². The molecule has 94 heavy (non-hydrogen) atoms. The van der Waals surface area contributed by atoms with Crippen LogP contribution in [0.3, 0.4) is 0 Å². The third-order valence-electron chi connectivity index (χ3n) is 17.4. The first-order chi connectivity index (χ1) is 44.5. The van der Waals surface area contributed by atoms with E-state index in [1.54, 1.807) is 12.1 Å². The number of ether oxygens (including phenoxy) is 1. The number of anilines is 1. The molecule has 4 aromatic rings. The monoisotopic (exact) mass is 1350 g/mol. The van der Waals surface area contributed by atoms with E-state index in [-0.39, 0.29) is 53.3 Å². The molecule has 14 atom stereocenters. The molecule has 33 heteroatoms. The van der Waals surface area contributed by atoms with Crippen molar-refractivity contribution < 1.29 is 122 Å². The second kappa shape index (κ2) is 33.3. The van der Waals surface area contributed by atoms with Crippen molar-refractivity contribution in [2.75, 3.05) is 44.2 Å². The molecule has 4 aliphatic heterocycles. The number of aromatic nitrogens is 2. The van der Waals surface area contributed by atoms with E-state index < -0.39 is 181 Å². The maximum absolute atomic E-state index is 14.6. The Bertz CT molecular complexity index is 3390. The van der Waals surface area contributed by atoms with Crippen LogP contribution in [-0.4, -0.2) is 226 Å². The second-order valence-electron chi connectivity index (χ2n) is 24.1. The van der Waals surface area contributed by atoms with Gasteiger partial charge in [-0.1, -0.05) is 55.7 Å². The van der Waals surface area contributed by atoms with Crippen molar-refractivity contribution in [1.29, 1.82) is 0 Å². The van der Waals surface area contributed by atoms with Crippen LogP contribution in [0.1, 0.15) is 87.6 Å². The summed E-state index contributed by atoms with van der Waals surface area (Å²) in [6.07, 6.45) is -4.00. The Labute approximate surface area is 569 Å². The summed E-state index contributed by atoms with van der Waals surface area (Å²) in [5.41, 5.74) is 2.53. The number of nitrogens with zero attached hydrogens (tertiary/aromatic N) is 6. The second-order valence-corrected chi connectivity index (χ2v) is 26.2. The molecule has 9 rings (SSSR count). The Morgan fingerprint density at radius 1 is 0.777 bits per heavy atom. The number of aliphatic hydroxyl groups is 6. The summed E-state index contributed by atoms with van der Waals surface area (Å²) in [6, 6.07) is 5.78. The molecule has 1 aromatic heterocycles. The van der Waals surface area contributed by atoms with Gasteiger partial charge in [0.25, 0.3) is 5.91 Å². The summed E-state index contributed by atoms with van der Waals surface area (Å²) in [5, 5.41) is 114. The number of carbonyl (C=O) groups is 7. The molecule has 12 N–H and O–H groups in total. The van der Waals surface area contributed by atoms with Crippen LogP contribution in [0.5, 0.6) is 5.75 Å². The molecule has 1 saturated carbocycles. The van der Waals surface area contributed by atoms with Gasteiger partial charge in [-0.05, 0) is 86.7 Å². The summed E-state index contributed by atoms with van der Waals surface area (Å²) in [5.74, 6) is -9.69. The molecule has 0 spiro atoms. The average molecular weight is 1350 g/mol. The van der Waals surface area contributed by atoms with Gasteiger partial charge in [-0.2, -0.15) is 0 Å². The molecule has 4 saturated heterocycles. The molecule has 0 radical (unpaired) electrons. The summed E-state index contributed by atoms with van der Waals surface area (Å²) in [4.78, 5) is 108. The van der Waals surface area contributed by atoms with Crippen LogP contribution in [-0.2, 0) is 60.4 Å². The molecule has 1 aliphatic carbocycles. The minimum Gasteiger partial charge on any atom is -0.691 e. The number of nitrogens with one attached hydrogen (secondary N) is 5. The Hall–Kier alpha value is -6.65. The van der Waals surface area contributed by atoms with E-state index in [1.807, 2.05) is 12.1 Å². The van der Waals surface area contributed by atoms with Gasteiger partial charge in [-0.3, -0.25) is 38.6 Å². The third-order valence-corrected chi connectivity index (χ3v) is 19.3. The van der Waals surface area contributed by atoms with Crippen LogP contribution in [0.25, 0.3) is 26.0 Å². The first-order valence-corrected chi connectivity index (χ1v) is 32.6. The first kappa shape index (κ1) is 73.2. The topological polar surface area (TPSA) is 429 Å². The van der Waals surface area contributed by atoms with Crippen molar-refractivity contribution in [2.24, 2.45) is 5.92 Å². The van der Waals surface area contributed by atoms with Gasteiger partial charge in [-0.25, -0.2) is 10.8 Å². The fourth-order valence-corrected chi connectivity index (χ4v) is 13.8. The van der Waals surface area contributed by atoms with E-state index in [0.717, 1.165) is 78.9 Å². The molecule has 8 unspecified atom stereocenters. The number of fused-ring (bicyclic) bond motifs is 2. The number of hydrogen-bond donors (Lipinski definition) is 12. The van der Waals surface area contributed by atoms with Crippen molar-refractivity contribution in [3.05, 3.63) is 89.3 Å². The van der Waals surface area contributed by atoms with E-state index in [4.69, 9.17) is 11.3 Å². The molecule has 502 valence electrons. The number of β-amino-alcohol motifs (C(OH)–C–C–N with tert-alkyl or cyclic N) is 1. The quantitative estimate of drug-likeness (QED) is 0.0216. The van der Waals surface area contributed by atoms with E-state index in [2.05, 4.69) is 68.0 Å². The number of aromatic hydroxyl groups is 1. The number of aliphatic hydroxyl groups excluding tert-OH is 6. The normalized spacial score (nSPS) is 27.0. The molecule has 5 heterocycles. The van der Waals surface area contributed by atoms with E-state index in [0.29, 0.717) is 21.7 Å². The summed E-state index contributed by atoms with van der Waals surface area (Å²) in [6.45, 7) is 9.32. The zero-order valence-corrected chi connectivity index (χ0v) is 55.5. The third kappa shape index (κ3) is 17.9. The molecule has 3 aromatic carbocycles. The van der Waals surface area contributed by atoms with Crippen molar-refractivity contribution in [1.82, 2.24) is 46.6 Å².